The molecule has 1 fully saturated rings. The van der Waals surface area contributed by atoms with E-state index in [-0.39, 0.29) is 39.8 Å². The number of piperidine rings is 1. The molecule has 0 bridgehead atoms. The minimum atomic E-state index is -3.54. The van der Waals surface area contributed by atoms with E-state index < -0.39 is 10.0 Å². The van der Waals surface area contributed by atoms with E-state index in [2.05, 4.69) is 5.32 Å². The van der Waals surface area contributed by atoms with Gasteiger partial charge in [-0.2, -0.15) is 14.8 Å². The van der Waals surface area contributed by atoms with Crippen LogP contribution in [0.25, 0.3) is 0 Å². The molecule has 3 aromatic carbocycles. The Balaban J connectivity index is 1.42. The molecule has 1 aliphatic rings. The second-order valence-corrected chi connectivity index (χ2v) is 10.9. The predicted octanol–water partition coefficient (Wildman–Crippen LogP) is 5.23. The molecule has 1 aliphatic heterocycles. The Kier molecular flexibility index (Phi) is 8.10. The van der Waals surface area contributed by atoms with Crippen molar-refractivity contribution in [1.82, 2.24) is 4.31 Å². The number of nitrogens with zero attached hydrogens (tertiary/aromatic N) is 3. The molecule has 0 unspecified atom stereocenters. The lowest BCUT2D eigenvalue weighted by molar-refractivity contribution is -0.115. The molecule has 0 radical (unpaired) electrons. The summed E-state index contributed by atoms with van der Waals surface area (Å²) in [6, 6.07) is 19.4. The topological polar surface area (TPSA) is 123 Å². The average molecular weight is 535 g/mol. The van der Waals surface area contributed by atoms with Crippen LogP contribution in [0.5, 0.6) is 11.5 Å². The van der Waals surface area contributed by atoms with E-state index in [0.717, 1.165) is 19.3 Å². The van der Waals surface area contributed by atoms with Gasteiger partial charge in [0.15, 0.2) is 0 Å². The highest BCUT2D eigenvalue weighted by Crippen LogP contribution is 2.31. The number of carbonyl (C=O) groups is 1. The molecule has 0 spiro atoms. The number of amides is 1. The number of nitrogens with one attached hydrogen (secondary N) is 1. The Labute approximate surface area is 220 Å². The summed E-state index contributed by atoms with van der Waals surface area (Å²) in [5.74, 6) is 0.245. The first-order valence-corrected chi connectivity index (χ1v) is 13.4. The lowest BCUT2D eigenvalue weighted by atomic mass is 10.1. The third kappa shape index (κ3) is 6.46. The van der Waals surface area contributed by atoms with Gasteiger partial charge in [0, 0.05) is 18.8 Å². The molecule has 188 valence electrons. The molecule has 8 nitrogen and oxygen atoms in total. The van der Waals surface area contributed by atoms with E-state index in [4.69, 9.17) is 26.9 Å². The molecular weight excluding hydrogens is 512 g/mol. The van der Waals surface area contributed by atoms with Crippen LogP contribution in [0.4, 0.5) is 5.69 Å². The van der Waals surface area contributed by atoms with Gasteiger partial charge in [0.25, 0.3) is 0 Å². The zero-order chi connectivity index (χ0) is 26.4. The highest BCUT2D eigenvalue weighted by Gasteiger charge is 2.25. The number of hydrogen-bond acceptors (Lipinski definition) is 6. The lowest BCUT2D eigenvalue weighted by Crippen LogP contribution is -2.35. The second kappa shape index (κ2) is 11.4. The van der Waals surface area contributed by atoms with Crippen LogP contribution < -0.4 is 10.1 Å². The molecule has 0 aromatic heterocycles. The number of rotatable bonds is 7. The standard InChI is InChI=1S/C27H23ClN4O4S/c28-25-9-4-19(15-26(25)36-23-13-20(17-29)12-21(14-23)18-30)16-27(33)31-22-5-7-24(8-6-22)37(34,35)32-10-2-1-3-11-32/h4-9,12-15H,1-3,10-11,16H2,(H,31,33). The Morgan fingerprint density at radius 3 is 2.22 bits per heavy atom. The van der Waals surface area contributed by atoms with Crippen molar-refractivity contribution < 1.29 is 17.9 Å². The fourth-order valence-corrected chi connectivity index (χ4v) is 5.68. The normalized spacial score (nSPS) is 13.8. The SMILES string of the molecule is N#Cc1cc(C#N)cc(Oc2cc(CC(=O)Nc3ccc(S(=O)(=O)N4CCCCC4)cc3)ccc2Cl)c1. The Morgan fingerprint density at radius 1 is 0.946 bits per heavy atom. The number of sulfonamides is 1. The number of benzene rings is 3. The van der Waals surface area contributed by atoms with E-state index >= 15 is 0 Å². The van der Waals surface area contributed by atoms with Gasteiger partial charge in [-0.1, -0.05) is 24.1 Å². The van der Waals surface area contributed by atoms with E-state index in [1.165, 1.54) is 34.6 Å². The molecule has 1 amide bonds. The van der Waals surface area contributed by atoms with Crippen LogP contribution in [-0.2, 0) is 21.2 Å². The lowest BCUT2D eigenvalue weighted by Gasteiger charge is -2.25. The van der Waals surface area contributed by atoms with Crippen molar-refractivity contribution in [2.45, 2.75) is 30.6 Å². The summed E-state index contributed by atoms with van der Waals surface area (Å²) in [6.45, 7) is 1.05. The number of ether oxygens (including phenoxy) is 1. The number of halogens is 1. The summed E-state index contributed by atoms with van der Waals surface area (Å²) in [5.41, 5.74) is 1.65. The first-order chi connectivity index (χ1) is 17.8. The predicted molar refractivity (Wildman–Crippen MR) is 139 cm³/mol. The van der Waals surface area contributed by atoms with Crippen molar-refractivity contribution in [1.29, 1.82) is 10.5 Å². The van der Waals surface area contributed by atoms with Gasteiger partial charge < -0.3 is 10.1 Å². The van der Waals surface area contributed by atoms with Crippen LogP contribution in [0, 0.1) is 22.7 Å². The smallest absolute Gasteiger partial charge is 0.243 e. The fraction of sp³-hybridized carbons (Fsp3) is 0.222. The first-order valence-electron chi connectivity index (χ1n) is 11.6. The van der Waals surface area contributed by atoms with E-state index in [0.29, 0.717) is 29.4 Å². The van der Waals surface area contributed by atoms with Crippen molar-refractivity contribution in [2.24, 2.45) is 0 Å². The van der Waals surface area contributed by atoms with Crippen molar-refractivity contribution in [3.8, 4) is 23.6 Å². The fourth-order valence-electron chi connectivity index (χ4n) is 4.01. The minimum absolute atomic E-state index is 0.0169. The maximum absolute atomic E-state index is 12.8. The highest BCUT2D eigenvalue weighted by atomic mass is 35.5. The zero-order valence-electron chi connectivity index (χ0n) is 19.8. The van der Waals surface area contributed by atoms with Gasteiger partial charge in [-0.3, -0.25) is 4.79 Å². The third-order valence-electron chi connectivity index (χ3n) is 5.84. The zero-order valence-corrected chi connectivity index (χ0v) is 21.3. The summed E-state index contributed by atoms with van der Waals surface area (Å²) in [6.07, 6.45) is 2.77. The summed E-state index contributed by atoms with van der Waals surface area (Å²) in [4.78, 5) is 12.8. The molecule has 10 heteroatoms. The Hall–Kier alpha value is -3.89. The third-order valence-corrected chi connectivity index (χ3v) is 8.07. The first kappa shape index (κ1) is 26.2. The van der Waals surface area contributed by atoms with Gasteiger partial charge in [-0.25, -0.2) is 8.42 Å². The summed E-state index contributed by atoms with van der Waals surface area (Å²) in [7, 11) is -3.54. The Bertz CT molecular complexity index is 1470. The maximum Gasteiger partial charge on any atom is 0.243 e. The number of nitriles is 2. The molecule has 1 heterocycles. The highest BCUT2D eigenvalue weighted by molar-refractivity contribution is 7.89. The molecule has 0 saturated carbocycles. The van der Waals surface area contributed by atoms with Gasteiger partial charge in [-0.15, -0.1) is 0 Å². The van der Waals surface area contributed by atoms with Gasteiger partial charge in [0.2, 0.25) is 15.9 Å². The van der Waals surface area contributed by atoms with E-state index in [9.17, 15) is 13.2 Å². The summed E-state index contributed by atoms with van der Waals surface area (Å²) >= 11 is 6.26. The number of anilines is 1. The molecule has 1 N–H and O–H groups in total. The van der Waals surface area contributed by atoms with Crippen molar-refractivity contribution in [3.63, 3.8) is 0 Å². The number of hydrogen-bond donors (Lipinski definition) is 1. The number of carbonyl (C=O) groups excluding carboxylic acids is 1. The van der Waals surface area contributed by atoms with Crippen molar-refractivity contribution in [3.05, 3.63) is 82.4 Å². The van der Waals surface area contributed by atoms with Gasteiger partial charge in [0.1, 0.15) is 11.5 Å². The quantitative estimate of drug-likeness (QED) is 0.442. The van der Waals surface area contributed by atoms with Crippen LogP contribution in [0.2, 0.25) is 5.02 Å². The van der Waals surface area contributed by atoms with Crippen LogP contribution in [0.15, 0.2) is 65.6 Å². The monoisotopic (exact) mass is 534 g/mol. The molecule has 4 rings (SSSR count). The van der Waals surface area contributed by atoms with Crippen LogP contribution in [0.3, 0.4) is 0 Å². The van der Waals surface area contributed by atoms with Crippen LogP contribution in [0.1, 0.15) is 36.0 Å². The summed E-state index contributed by atoms with van der Waals surface area (Å²) in [5, 5.41) is 21.4. The minimum Gasteiger partial charge on any atom is -0.456 e. The molecule has 0 atom stereocenters. The molecule has 37 heavy (non-hydrogen) atoms. The molecule has 3 aromatic rings. The van der Waals surface area contributed by atoms with Crippen LogP contribution in [-0.4, -0.2) is 31.7 Å². The molecular formula is C27H23ClN4O4S. The average Bonchev–Trinajstić information content (AvgIpc) is 2.91. The summed E-state index contributed by atoms with van der Waals surface area (Å²) < 4.78 is 32.9. The van der Waals surface area contributed by atoms with Gasteiger partial charge in [-0.05, 0) is 73.0 Å². The van der Waals surface area contributed by atoms with E-state index in [1.807, 2.05) is 12.1 Å². The van der Waals surface area contributed by atoms with Gasteiger partial charge in [0.05, 0.1) is 39.6 Å². The van der Waals surface area contributed by atoms with Gasteiger partial charge >= 0.3 is 0 Å². The largest absolute Gasteiger partial charge is 0.456 e. The second-order valence-electron chi connectivity index (χ2n) is 8.55. The molecule has 1 saturated heterocycles. The maximum atomic E-state index is 12.8. The van der Waals surface area contributed by atoms with Crippen molar-refractivity contribution in [2.75, 3.05) is 18.4 Å². The van der Waals surface area contributed by atoms with E-state index in [1.54, 1.807) is 30.3 Å². The van der Waals surface area contributed by atoms with Crippen LogP contribution >= 0.6 is 11.6 Å². The van der Waals surface area contributed by atoms with Crippen molar-refractivity contribution >= 4 is 33.2 Å². The molecule has 0 aliphatic carbocycles. The Morgan fingerprint density at radius 2 is 1.59 bits per heavy atom.